The van der Waals surface area contributed by atoms with Crippen LogP contribution < -0.4 is 0 Å². The number of ether oxygens (including phenoxy) is 1. The maximum Gasteiger partial charge on any atom is 0.106 e. The van der Waals surface area contributed by atoms with Crippen LogP contribution in [0.15, 0.2) is 0 Å². The lowest BCUT2D eigenvalue weighted by atomic mass is 10.1. The summed E-state index contributed by atoms with van der Waals surface area (Å²) in [5.74, 6) is 0.706. The molecule has 0 bridgehead atoms. The molecule has 0 aromatic heterocycles. The Morgan fingerprint density at radius 3 is 2.78 bits per heavy atom. The fourth-order valence-corrected chi connectivity index (χ4v) is 4.58. The first kappa shape index (κ1) is 6.12. The number of hydrogen-bond donors (Lipinski definition) is 0. The average Bonchev–Trinajstić information content (AvgIpc) is 2.39. The molecule has 0 saturated carbocycles. The summed E-state index contributed by atoms with van der Waals surface area (Å²) in [6.07, 6.45) is 4.17. The monoisotopic (exact) mass is 144 g/mol. The van der Waals surface area contributed by atoms with Crippen molar-refractivity contribution in [2.75, 3.05) is 12.3 Å². The first-order valence-electron chi connectivity index (χ1n) is 3.68. The zero-order valence-electron chi connectivity index (χ0n) is 6.05. The van der Waals surface area contributed by atoms with Gasteiger partial charge in [-0.1, -0.05) is 14.8 Å². The standard InChI is InChI=1S/C7H13OP/c1-3-9-5-4-7(2)6(9)8-7/h6H,3-5H2,1-2H3. The van der Waals surface area contributed by atoms with Gasteiger partial charge < -0.3 is 4.74 Å². The van der Waals surface area contributed by atoms with Gasteiger partial charge in [-0.05, 0) is 25.7 Å². The number of epoxide rings is 1. The van der Waals surface area contributed by atoms with E-state index in [2.05, 4.69) is 13.8 Å². The zero-order chi connectivity index (χ0) is 6.48. The highest BCUT2D eigenvalue weighted by Gasteiger charge is 2.59. The van der Waals surface area contributed by atoms with Crippen LogP contribution in [0.2, 0.25) is 0 Å². The zero-order valence-corrected chi connectivity index (χ0v) is 6.95. The molecule has 0 spiro atoms. The van der Waals surface area contributed by atoms with E-state index in [1.165, 1.54) is 18.7 Å². The minimum absolute atomic E-state index is 0.299. The fraction of sp³-hybridized carbons (Fsp3) is 1.00. The lowest BCUT2D eigenvalue weighted by Crippen LogP contribution is -2.00. The Kier molecular flexibility index (Phi) is 1.16. The maximum atomic E-state index is 5.57. The van der Waals surface area contributed by atoms with Crippen molar-refractivity contribution >= 4 is 7.92 Å². The first-order chi connectivity index (χ1) is 4.26. The van der Waals surface area contributed by atoms with E-state index in [1.807, 2.05) is 0 Å². The SMILES string of the molecule is CCP1CCC2(C)OC12. The van der Waals surface area contributed by atoms with Crippen molar-refractivity contribution in [3.05, 3.63) is 0 Å². The highest BCUT2D eigenvalue weighted by atomic mass is 31.1. The molecule has 2 aliphatic rings. The molecule has 1 nitrogen and oxygen atoms in total. The summed E-state index contributed by atoms with van der Waals surface area (Å²) in [6.45, 7) is 4.55. The van der Waals surface area contributed by atoms with Gasteiger partial charge >= 0.3 is 0 Å². The van der Waals surface area contributed by atoms with Crippen LogP contribution in [0.25, 0.3) is 0 Å². The summed E-state index contributed by atoms with van der Waals surface area (Å²) in [7, 11) is 0.299. The van der Waals surface area contributed by atoms with Gasteiger partial charge in [-0.2, -0.15) is 0 Å². The Morgan fingerprint density at radius 1 is 1.78 bits per heavy atom. The second kappa shape index (κ2) is 1.71. The van der Waals surface area contributed by atoms with Gasteiger partial charge in [0.05, 0.1) is 5.60 Å². The molecule has 2 saturated heterocycles. The minimum Gasteiger partial charge on any atom is -0.361 e. The van der Waals surface area contributed by atoms with Crippen LogP contribution in [0.4, 0.5) is 0 Å². The molecule has 0 amide bonds. The van der Waals surface area contributed by atoms with E-state index in [0.717, 1.165) is 0 Å². The van der Waals surface area contributed by atoms with Gasteiger partial charge in [0.1, 0.15) is 5.85 Å². The van der Waals surface area contributed by atoms with E-state index in [9.17, 15) is 0 Å². The minimum atomic E-state index is 0.299. The molecule has 0 N–H and O–H groups in total. The Hall–Kier alpha value is 0.390. The molecule has 2 rings (SSSR count). The molecule has 2 aliphatic heterocycles. The van der Waals surface area contributed by atoms with E-state index in [-0.39, 0.29) is 0 Å². The molecular formula is C7H13OP. The Morgan fingerprint density at radius 2 is 2.56 bits per heavy atom. The Bertz CT molecular complexity index is 137. The molecule has 0 radical (unpaired) electrons. The van der Waals surface area contributed by atoms with Crippen molar-refractivity contribution in [1.29, 1.82) is 0 Å². The van der Waals surface area contributed by atoms with E-state index in [0.29, 0.717) is 19.4 Å². The van der Waals surface area contributed by atoms with Crippen LogP contribution in [-0.4, -0.2) is 23.8 Å². The number of hydrogen-bond acceptors (Lipinski definition) is 1. The van der Waals surface area contributed by atoms with Gasteiger partial charge in [-0.25, -0.2) is 0 Å². The smallest absolute Gasteiger partial charge is 0.106 e. The molecule has 2 heterocycles. The third-order valence-corrected chi connectivity index (χ3v) is 5.40. The number of rotatable bonds is 1. The Balaban J connectivity index is 2.04. The van der Waals surface area contributed by atoms with Crippen LogP contribution >= 0.6 is 7.92 Å². The quantitative estimate of drug-likeness (QED) is 0.405. The molecule has 52 valence electrons. The van der Waals surface area contributed by atoms with Crippen LogP contribution in [0, 0.1) is 0 Å². The van der Waals surface area contributed by atoms with Crippen molar-refractivity contribution in [2.45, 2.75) is 31.7 Å². The molecular weight excluding hydrogens is 131 g/mol. The second-order valence-corrected chi connectivity index (χ2v) is 5.89. The normalized spacial score (nSPS) is 55.3. The van der Waals surface area contributed by atoms with Crippen molar-refractivity contribution in [2.24, 2.45) is 0 Å². The molecule has 0 aliphatic carbocycles. The van der Waals surface area contributed by atoms with Crippen LogP contribution in [0.1, 0.15) is 20.3 Å². The Labute approximate surface area is 57.5 Å². The van der Waals surface area contributed by atoms with Crippen molar-refractivity contribution in [3.63, 3.8) is 0 Å². The second-order valence-electron chi connectivity index (χ2n) is 3.16. The van der Waals surface area contributed by atoms with Gasteiger partial charge in [0.2, 0.25) is 0 Å². The summed E-state index contributed by atoms with van der Waals surface area (Å²) >= 11 is 0. The molecule has 9 heavy (non-hydrogen) atoms. The molecule has 3 unspecified atom stereocenters. The maximum absolute atomic E-state index is 5.57. The largest absolute Gasteiger partial charge is 0.361 e. The van der Waals surface area contributed by atoms with Crippen LogP contribution in [0.5, 0.6) is 0 Å². The van der Waals surface area contributed by atoms with Gasteiger partial charge in [-0.3, -0.25) is 0 Å². The van der Waals surface area contributed by atoms with Crippen molar-refractivity contribution in [3.8, 4) is 0 Å². The molecule has 3 atom stereocenters. The highest BCUT2D eigenvalue weighted by Crippen LogP contribution is 2.66. The summed E-state index contributed by atoms with van der Waals surface area (Å²) < 4.78 is 5.57. The highest BCUT2D eigenvalue weighted by molar-refractivity contribution is 7.59. The lowest BCUT2D eigenvalue weighted by molar-refractivity contribution is 0.308. The summed E-state index contributed by atoms with van der Waals surface area (Å²) in [4.78, 5) is 0. The summed E-state index contributed by atoms with van der Waals surface area (Å²) in [6, 6.07) is 0. The van der Waals surface area contributed by atoms with Gasteiger partial charge in [0.25, 0.3) is 0 Å². The molecule has 2 fully saturated rings. The van der Waals surface area contributed by atoms with E-state index >= 15 is 0 Å². The molecule has 2 heteroatoms. The third kappa shape index (κ3) is 0.749. The fourth-order valence-electron chi connectivity index (χ4n) is 1.67. The van der Waals surface area contributed by atoms with Crippen LogP contribution in [-0.2, 0) is 4.74 Å². The first-order valence-corrected chi connectivity index (χ1v) is 5.46. The van der Waals surface area contributed by atoms with E-state index in [4.69, 9.17) is 4.74 Å². The lowest BCUT2D eigenvalue weighted by Gasteiger charge is -2.04. The summed E-state index contributed by atoms with van der Waals surface area (Å²) in [5, 5.41) is 0. The number of fused-ring (bicyclic) bond motifs is 1. The van der Waals surface area contributed by atoms with Gasteiger partial charge in [-0.15, -0.1) is 0 Å². The van der Waals surface area contributed by atoms with Crippen molar-refractivity contribution < 1.29 is 4.74 Å². The van der Waals surface area contributed by atoms with E-state index in [1.54, 1.807) is 0 Å². The summed E-state index contributed by atoms with van der Waals surface area (Å²) in [5.41, 5.74) is 0.363. The average molecular weight is 144 g/mol. The van der Waals surface area contributed by atoms with Gasteiger partial charge in [0, 0.05) is 0 Å². The van der Waals surface area contributed by atoms with Gasteiger partial charge in [0.15, 0.2) is 0 Å². The predicted octanol–water partition coefficient (Wildman–Crippen LogP) is 2.01. The predicted molar refractivity (Wildman–Crippen MR) is 40.2 cm³/mol. The topological polar surface area (TPSA) is 12.5 Å². The molecule has 0 aromatic carbocycles. The van der Waals surface area contributed by atoms with Crippen LogP contribution in [0.3, 0.4) is 0 Å². The molecule has 0 aromatic rings. The van der Waals surface area contributed by atoms with E-state index < -0.39 is 0 Å². The third-order valence-electron chi connectivity index (χ3n) is 2.48. The van der Waals surface area contributed by atoms with Crippen molar-refractivity contribution in [1.82, 2.24) is 0 Å².